The molecule has 0 atom stereocenters. The molecule has 1 saturated carbocycles. The molecular formula is C16H18N4O2. The number of rotatable bonds is 3. The summed E-state index contributed by atoms with van der Waals surface area (Å²) in [6.45, 7) is 1.67. The van der Waals surface area contributed by atoms with Gasteiger partial charge in [0.1, 0.15) is 6.10 Å². The third kappa shape index (κ3) is 1.98. The van der Waals surface area contributed by atoms with Crippen LogP contribution >= 0.6 is 0 Å². The number of hydrogen-bond donors (Lipinski definition) is 1. The fraction of sp³-hybridized carbons (Fsp3) is 0.500. The molecule has 0 unspecified atom stereocenters. The molecule has 0 bridgehead atoms. The molecule has 5 rings (SSSR count). The minimum atomic E-state index is 0.356. The Kier molecular flexibility index (Phi) is 2.67. The maximum atomic E-state index is 5.83. The number of hydrogen-bond acceptors (Lipinski definition) is 4. The molecule has 22 heavy (non-hydrogen) atoms. The smallest absolute Gasteiger partial charge is 0.232 e. The summed E-state index contributed by atoms with van der Waals surface area (Å²) in [6, 6.07) is 0. The zero-order valence-corrected chi connectivity index (χ0v) is 12.3. The molecule has 4 heterocycles. The summed E-state index contributed by atoms with van der Waals surface area (Å²) in [5.74, 6) is 1.22. The molecule has 1 saturated heterocycles. The molecule has 114 valence electrons. The fourth-order valence-corrected chi connectivity index (χ4v) is 3.27. The second kappa shape index (κ2) is 4.71. The van der Waals surface area contributed by atoms with E-state index in [4.69, 9.17) is 9.47 Å². The Balaban J connectivity index is 1.64. The van der Waals surface area contributed by atoms with Gasteiger partial charge in [0.05, 0.1) is 17.9 Å². The van der Waals surface area contributed by atoms with E-state index in [0.717, 1.165) is 55.7 Å². The van der Waals surface area contributed by atoms with Crippen molar-refractivity contribution in [3.8, 4) is 5.88 Å². The Labute approximate surface area is 127 Å². The Bertz CT molecular complexity index is 827. The van der Waals surface area contributed by atoms with E-state index in [1.807, 2.05) is 6.20 Å². The quantitative estimate of drug-likeness (QED) is 0.807. The summed E-state index contributed by atoms with van der Waals surface area (Å²) in [4.78, 5) is 12.4. The van der Waals surface area contributed by atoms with E-state index >= 15 is 0 Å². The van der Waals surface area contributed by atoms with Crippen LogP contribution in [0.2, 0.25) is 0 Å². The van der Waals surface area contributed by atoms with Gasteiger partial charge in [-0.15, -0.1) is 0 Å². The Morgan fingerprint density at radius 3 is 2.91 bits per heavy atom. The van der Waals surface area contributed by atoms with E-state index in [0.29, 0.717) is 17.9 Å². The van der Waals surface area contributed by atoms with Crippen LogP contribution in [0.3, 0.4) is 0 Å². The van der Waals surface area contributed by atoms with Gasteiger partial charge in [0, 0.05) is 19.4 Å². The van der Waals surface area contributed by atoms with E-state index in [1.165, 1.54) is 5.56 Å². The van der Waals surface area contributed by atoms with Gasteiger partial charge in [-0.25, -0.2) is 4.98 Å². The van der Waals surface area contributed by atoms with Gasteiger partial charge >= 0.3 is 0 Å². The molecule has 0 amide bonds. The van der Waals surface area contributed by atoms with Crippen LogP contribution in [-0.4, -0.2) is 38.7 Å². The number of fused-ring (bicyclic) bond motifs is 3. The molecule has 0 radical (unpaired) electrons. The van der Waals surface area contributed by atoms with E-state index in [1.54, 1.807) is 6.20 Å². The van der Waals surface area contributed by atoms with Crippen molar-refractivity contribution in [1.82, 2.24) is 19.4 Å². The molecule has 2 fully saturated rings. The van der Waals surface area contributed by atoms with Gasteiger partial charge < -0.3 is 14.5 Å². The summed E-state index contributed by atoms with van der Waals surface area (Å²) in [5.41, 5.74) is 4.19. The van der Waals surface area contributed by atoms with Gasteiger partial charge in [-0.05, 0) is 37.2 Å². The topological polar surface area (TPSA) is 64.4 Å². The van der Waals surface area contributed by atoms with Crippen LogP contribution in [0.1, 0.15) is 37.2 Å². The molecule has 1 aliphatic carbocycles. The minimum Gasteiger partial charge on any atom is -0.473 e. The van der Waals surface area contributed by atoms with E-state index < -0.39 is 0 Å². The molecule has 2 aliphatic rings. The van der Waals surface area contributed by atoms with Gasteiger partial charge in [0.15, 0.2) is 11.3 Å². The highest BCUT2D eigenvalue weighted by Crippen LogP contribution is 2.33. The number of imidazole rings is 1. The van der Waals surface area contributed by atoms with E-state index in [9.17, 15) is 0 Å². The zero-order valence-electron chi connectivity index (χ0n) is 12.3. The largest absolute Gasteiger partial charge is 0.473 e. The Morgan fingerprint density at radius 1 is 1.23 bits per heavy atom. The standard InChI is InChI=1S/C16H18N4O2/c1-2-11(1)22-14-9-20-13(19-14)8-18-16-15(20)12(7-17-16)10-3-5-21-6-4-10/h7-11,17H,1-6H2. The average Bonchev–Trinajstić information content (AvgIpc) is 3.11. The molecule has 6 heteroatoms. The molecule has 6 nitrogen and oxygen atoms in total. The normalized spacial score (nSPS) is 20.0. The van der Waals surface area contributed by atoms with Crippen LogP contribution in [-0.2, 0) is 4.74 Å². The third-order valence-corrected chi connectivity index (χ3v) is 4.60. The van der Waals surface area contributed by atoms with Crippen molar-refractivity contribution in [3.63, 3.8) is 0 Å². The Hall–Kier alpha value is -2.08. The highest BCUT2D eigenvalue weighted by Gasteiger charge is 2.25. The number of nitrogens with one attached hydrogen (secondary N) is 1. The first-order valence-electron chi connectivity index (χ1n) is 7.98. The van der Waals surface area contributed by atoms with Crippen LogP contribution in [0.15, 0.2) is 18.6 Å². The van der Waals surface area contributed by atoms with Crippen molar-refractivity contribution in [2.24, 2.45) is 0 Å². The molecule has 3 aromatic heterocycles. The van der Waals surface area contributed by atoms with Crippen LogP contribution in [0.4, 0.5) is 0 Å². The molecule has 3 aromatic rings. The molecule has 1 N–H and O–H groups in total. The monoisotopic (exact) mass is 298 g/mol. The van der Waals surface area contributed by atoms with Crippen LogP contribution < -0.4 is 4.74 Å². The van der Waals surface area contributed by atoms with Gasteiger partial charge in [-0.3, -0.25) is 4.40 Å². The van der Waals surface area contributed by atoms with Crippen LogP contribution in [0.25, 0.3) is 16.8 Å². The number of nitrogens with zero attached hydrogens (tertiary/aromatic N) is 3. The van der Waals surface area contributed by atoms with Crippen molar-refractivity contribution in [2.75, 3.05) is 13.2 Å². The Morgan fingerprint density at radius 2 is 2.09 bits per heavy atom. The lowest BCUT2D eigenvalue weighted by Gasteiger charge is -2.21. The SMILES string of the molecule is c1[nH]c2ncc3nc(OC4CC4)cn3c2c1C1CCOCC1. The van der Waals surface area contributed by atoms with Crippen molar-refractivity contribution < 1.29 is 9.47 Å². The number of H-pyrrole nitrogens is 1. The predicted octanol–water partition coefficient (Wildman–Crippen LogP) is 2.65. The number of aromatic amines is 1. The second-order valence-electron chi connectivity index (χ2n) is 6.21. The van der Waals surface area contributed by atoms with Gasteiger partial charge in [-0.2, -0.15) is 4.98 Å². The van der Waals surface area contributed by atoms with Crippen LogP contribution in [0.5, 0.6) is 5.88 Å². The highest BCUT2D eigenvalue weighted by molar-refractivity contribution is 5.79. The number of ether oxygens (including phenoxy) is 2. The summed E-state index contributed by atoms with van der Waals surface area (Å²) in [6.07, 6.45) is 10.6. The number of aromatic nitrogens is 4. The van der Waals surface area contributed by atoms with E-state index in [-0.39, 0.29) is 0 Å². The van der Waals surface area contributed by atoms with Gasteiger partial charge in [0.25, 0.3) is 0 Å². The molecule has 1 aliphatic heterocycles. The summed E-state index contributed by atoms with van der Waals surface area (Å²) in [7, 11) is 0. The van der Waals surface area contributed by atoms with Crippen LogP contribution in [0, 0.1) is 0 Å². The van der Waals surface area contributed by atoms with Gasteiger partial charge in [0.2, 0.25) is 5.88 Å². The lowest BCUT2D eigenvalue weighted by atomic mass is 9.93. The first-order valence-corrected chi connectivity index (χ1v) is 7.98. The second-order valence-corrected chi connectivity index (χ2v) is 6.21. The predicted molar refractivity (Wildman–Crippen MR) is 81.3 cm³/mol. The summed E-state index contributed by atoms with van der Waals surface area (Å²) in [5, 5.41) is 0. The average molecular weight is 298 g/mol. The lowest BCUT2D eigenvalue weighted by molar-refractivity contribution is 0.0855. The van der Waals surface area contributed by atoms with Crippen molar-refractivity contribution in [1.29, 1.82) is 0 Å². The lowest BCUT2D eigenvalue weighted by Crippen LogP contribution is -2.14. The summed E-state index contributed by atoms with van der Waals surface area (Å²) < 4.78 is 13.4. The van der Waals surface area contributed by atoms with Crippen molar-refractivity contribution >= 4 is 16.8 Å². The third-order valence-electron chi connectivity index (χ3n) is 4.60. The minimum absolute atomic E-state index is 0.356. The molecular weight excluding hydrogens is 280 g/mol. The maximum Gasteiger partial charge on any atom is 0.232 e. The van der Waals surface area contributed by atoms with Gasteiger partial charge in [-0.1, -0.05) is 0 Å². The van der Waals surface area contributed by atoms with Crippen molar-refractivity contribution in [3.05, 3.63) is 24.2 Å². The maximum absolute atomic E-state index is 5.83. The fourth-order valence-electron chi connectivity index (χ4n) is 3.27. The molecule has 0 aromatic carbocycles. The first-order chi connectivity index (χ1) is 10.9. The first kappa shape index (κ1) is 12.5. The van der Waals surface area contributed by atoms with E-state index in [2.05, 4.69) is 25.5 Å². The van der Waals surface area contributed by atoms with Crippen molar-refractivity contribution in [2.45, 2.75) is 37.7 Å². The highest BCUT2D eigenvalue weighted by atomic mass is 16.5. The molecule has 0 spiro atoms. The zero-order chi connectivity index (χ0) is 14.5. The summed E-state index contributed by atoms with van der Waals surface area (Å²) >= 11 is 0.